The van der Waals surface area contributed by atoms with E-state index in [0.29, 0.717) is 11.5 Å². The number of rotatable bonds is 8. The second-order valence-corrected chi connectivity index (χ2v) is 7.27. The van der Waals surface area contributed by atoms with Crippen LogP contribution in [-0.2, 0) is 9.47 Å². The Balaban J connectivity index is 1.54. The molecule has 2 atom stereocenters. The quantitative estimate of drug-likeness (QED) is 0.743. The number of hydrogen-bond donors (Lipinski definition) is 1. The molecule has 3 aliphatic rings. The fourth-order valence-electron chi connectivity index (χ4n) is 3.73. The van der Waals surface area contributed by atoms with Gasteiger partial charge in [0.15, 0.2) is 0 Å². The summed E-state index contributed by atoms with van der Waals surface area (Å²) >= 11 is 0. The molecule has 4 heteroatoms. The van der Waals surface area contributed by atoms with Crippen molar-refractivity contribution in [1.29, 1.82) is 0 Å². The monoisotopic (exact) mass is 296 g/mol. The van der Waals surface area contributed by atoms with Gasteiger partial charge in [0.25, 0.3) is 0 Å². The molecule has 2 unspecified atom stereocenters. The summed E-state index contributed by atoms with van der Waals surface area (Å²) in [6, 6.07) is 0.789. The van der Waals surface area contributed by atoms with Gasteiger partial charge >= 0.3 is 0 Å². The van der Waals surface area contributed by atoms with E-state index in [4.69, 9.17) is 9.47 Å². The summed E-state index contributed by atoms with van der Waals surface area (Å²) in [5.41, 5.74) is 0.315. The molecule has 0 amide bonds. The average Bonchev–Trinajstić information content (AvgIpc) is 3.21. The lowest BCUT2D eigenvalue weighted by atomic mass is 9.81. The molecule has 0 aromatic carbocycles. The van der Waals surface area contributed by atoms with Crippen molar-refractivity contribution in [1.82, 2.24) is 10.2 Å². The van der Waals surface area contributed by atoms with E-state index < -0.39 is 0 Å². The number of nitrogens with zero attached hydrogens (tertiary/aromatic N) is 1. The van der Waals surface area contributed by atoms with Crippen LogP contribution >= 0.6 is 0 Å². The third-order valence-electron chi connectivity index (χ3n) is 5.24. The van der Waals surface area contributed by atoms with E-state index in [1.807, 2.05) is 0 Å². The van der Waals surface area contributed by atoms with E-state index in [1.54, 1.807) is 0 Å². The fourth-order valence-corrected chi connectivity index (χ4v) is 3.73. The molecule has 21 heavy (non-hydrogen) atoms. The summed E-state index contributed by atoms with van der Waals surface area (Å²) in [4.78, 5) is 2.60. The van der Waals surface area contributed by atoms with E-state index in [9.17, 15) is 0 Å². The first-order chi connectivity index (χ1) is 10.3. The van der Waals surface area contributed by atoms with E-state index in [1.165, 1.54) is 38.5 Å². The fraction of sp³-hybridized carbons (Fsp3) is 1.00. The van der Waals surface area contributed by atoms with Crippen molar-refractivity contribution in [3.63, 3.8) is 0 Å². The first kappa shape index (κ1) is 15.7. The van der Waals surface area contributed by atoms with Gasteiger partial charge in [0.1, 0.15) is 0 Å². The van der Waals surface area contributed by atoms with Crippen LogP contribution in [0.4, 0.5) is 0 Å². The van der Waals surface area contributed by atoms with Crippen LogP contribution in [0.25, 0.3) is 0 Å². The Kier molecular flexibility index (Phi) is 5.54. The summed E-state index contributed by atoms with van der Waals surface area (Å²) in [7, 11) is 0. The second-order valence-electron chi connectivity index (χ2n) is 7.27. The molecule has 4 nitrogen and oxygen atoms in total. The highest BCUT2D eigenvalue weighted by Crippen LogP contribution is 2.31. The third kappa shape index (κ3) is 4.65. The molecular formula is C17H32N2O2. The maximum Gasteiger partial charge on any atom is 0.0702 e. The van der Waals surface area contributed by atoms with Gasteiger partial charge in [-0.15, -0.1) is 0 Å². The SMILES string of the molecule is CCN(CC1CCCO1)CC1(CNC2CC2)CCCOC1. The molecule has 122 valence electrons. The predicted octanol–water partition coefficient (Wildman–Crippen LogP) is 2.04. The molecule has 1 N–H and O–H groups in total. The van der Waals surface area contributed by atoms with Gasteiger partial charge in [0.05, 0.1) is 12.7 Å². The number of ether oxygens (including phenoxy) is 2. The molecule has 3 fully saturated rings. The first-order valence-electron chi connectivity index (χ1n) is 8.95. The van der Waals surface area contributed by atoms with Gasteiger partial charge < -0.3 is 19.7 Å². The average molecular weight is 296 g/mol. The minimum atomic E-state index is 0.315. The molecule has 0 spiro atoms. The minimum absolute atomic E-state index is 0.315. The Bertz CT molecular complexity index is 308. The molecule has 0 bridgehead atoms. The van der Waals surface area contributed by atoms with Crippen LogP contribution in [0.5, 0.6) is 0 Å². The first-order valence-corrected chi connectivity index (χ1v) is 8.95. The third-order valence-corrected chi connectivity index (χ3v) is 5.24. The topological polar surface area (TPSA) is 33.7 Å². The molecule has 0 aromatic heterocycles. The maximum absolute atomic E-state index is 5.86. The van der Waals surface area contributed by atoms with Crippen molar-refractivity contribution in [2.75, 3.05) is 46.0 Å². The van der Waals surface area contributed by atoms with Gasteiger partial charge in [-0.1, -0.05) is 6.92 Å². The number of hydrogen-bond acceptors (Lipinski definition) is 4. The van der Waals surface area contributed by atoms with Crippen LogP contribution in [0, 0.1) is 5.41 Å². The Morgan fingerprint density at radius 3 is 2.71 bits per heavy atom. The lowest BCUT2D eigenvalue weighted by molar-refractivity contribution is -0.0328. The lowest BCUT2D eigenvalue weighted by Gasteiger charge is -2.41. The van der Waals surface area contributed by atoms with Crippen LogP contribution in [0.15, 0.2) is 0 Å². The van der Waals surface area contributed by atoms with Crippen molar-refractivity contribution in [3.8, 4) is 0 Å². The number of likely N-dealkylation sites (N-methyl/N-ethyl adjacent to an activating group) is 1. The largest absolute Gasteiger partial charge is 0.381 e. The van der Waals surface area contributed by atoms with Crippen molar-refractivity contribution in [3.05, 3.63) is 0 Å². The number of nitrogens with one attached hydrogen (secondary N) is 1. The zero-order valence-electron chi connectivity index (χ0n) is 13.6. The summed E-state index contributed by atoms with van der Waals surface area (Å²) < 4.78 is 11.7. The van der Waals surface area contributed by atoms with Gasteiger partial charge in [0, 0.05) is 44.3 Å². The Morgan fingerprint density at radius 2 is 2.10 bits per heavy atom. The molecular weight excluding hydrogens is 264 g/mol. The van der Waals surface area contributed by atoms with Crippen LogP contribution in [0.1, 0.15) is 45.4 Å². The molecule has 1 aliphatic carbocycles. The highest BCUT2D eigenvalue weighted by atomic mass is 16.5. The molecule has 0 radical (unpaired) electrons. The summed E-state index contributed by atoms with van der Waals surface area (Å²) in [5, 5.41) is 3.75. The molecule has 0 aromatic rings. The van der Waals surface area contributed by atoms with Crippen molar-refractivity contribution in [2.45, 2.75) is 57.6 Å². The van der Waals surface area contributed by atoms with Gasteiger partial charge in [-0.2, -0.15) is 0 Å². The Morgan fingerprint density at radius 1 is 1.19 bits per heavy atom. The molecule has 3 rings (SSSR count). The van der Waals surface area contributed by atoms with Crippen molar-refractivity contribution >= 4 is 0 Å². The highest BCUT2D eigenvalue weighted by Gasteiger charge is 2.36. The Hall–Kier alpha value is -0.160. The zero-order valence-corrected chi connectivity index (χ0v) is 13.6. The summed E-state index contributed by atoms with van der Waals surface area (Å²) in [5.74, 6) is 0. The smallest absolute Gasteiger partial charge is 0.0702 e. The zero-order chi connectivity index (χ0) is 14.5. The Labute approximate surface area is 129 Å². The van der Waals surface area contributed by atoms with E-state index in [-0.39, 0.29) is 0 Å². The van der Waals surface area contributed by atoms with E-state index in [0.717, 1.165) is 52.0 Å². The lowest BCUT2D eigenvalue weighted by Crippen LogP contribution is -2.50. The normalized spacial score (nSPS) is 33.7. The molecule has 2 heterocycles. The van der Waals surface area contributed by atoms with Gasteiger partial charge in [-0.3, -0.25) is 0 Å². The molecule has 2 saturated heterocycles. The van der Waals surface area contributed by atoms with E-state index in [2.05, 4.69) is 17.1 Å². The molecule has 1 saturated carbocycles. The van der Waals surface area contributed by atoms with Crippen molar-refractivity contribution in [2.24, 2.45) is 5.41 Å². The maximum atomic E-state index is 5.86. The summed E-state index contributed by atoms with van der Waals surface area (Å²) in [6.45, 7) is 9.60. The van der Waals surface area contributed by atoms with Crippen LogP contribution in [0.2, 0.25) is 0 Å². The summed E-state index contributed by atoms with van der Waals surface area (Å²) in [6.07, 6.45) is 8.18. The van der Waals surface area contributed by atoms with Crippen LogP contribution in [0.3, 0.4) is 0 Å². The van der Waals surface area contributed by atoms with Gasteiger partial charge in [0.2, 0.25) is 0 Å². The van der Waals surface area contributed by atoms with Gasteiger partial charge in [-0.25, -0.2) is 0 Å². The van der Waals surface area contributed by atoms with E-state index >= 15 is 0 Å². The molecule has 2 aliphatic heterocycles. The standard InChI is InChI=1S/C17H32N2O2/c1-2-19(11-16-5-3-10-21-16)13-17(8-4-9-20-14-17)12-18-15-6-7-15/h15-16,18H,2-14H2,1H3. The van der Waals surface area contributed by atoms with Crippen molar-refractivity contribution < 1.29 is 9.47 Å². The van der Waals surface area contributed by atoms with Gasteiger partial charge in [-0.05, 0) is 45.1 Å². The highest BCUT2D eigenvalue weighted by molar-refractivity contribution is 4.91. The second kappa shape index (κ2) is 7.40. The van der Waals surface area contributed by atoms with Crippen LogP contribution < -0.4 is 5.32 Å². The predicted molar refractivity (Wildman–Crippen MR) is 84.6 cm³/mol. The van der Waals surface area contributed by atoms with Crippen LogP contribution in [-0.4, -0.2) is 63.0 Å². The minimum Gasteiger partial charge on any atom is -0.381 e.